The fraction of sp³-hybridized carbons (Fsp3) is 0.941. The molecule has 1 aliphatic carbocycles. The number of aliphatic hydroxyl groups is 1. The van der Waals surface area contributed by atoms with Gasteiger partial charge in [-0.05, 0) is 39.0 Å². The van der Waals surface area contributed by atoms with Gasteiger partial charge in [-0.3, -0.25) is 4.79 Å². The highest BCUT2D eigenvalue weighted by molar-refractivity contribution is 7.89. The SMILES string of the molecule is CCS(=O)(=O)NCC[C@@H]1CC[C@@H](NC(=O)C2CCCCC2)[C@H](CO)O1. The largest absolute Gasteiger partial charge is 0.394 e. The molecule has 8 heteroatoms. The lowest BCUT2D eigenvalue weighted by Gasteiger charge is -2.37. The van der Waals surface area contributed by atoms with Crippen LogP contribution in [0.3, 0.4) is 0 Å². The molecule has 0 spiro atoms. The van der Waals surface area contributed by atoms with Crippen LogP contribution in [-0.2, 0) is 19.6 Å². The Morgan fingerprint density at radius 2 is 1.88 bits per heavy atom. The van der Waals surface area contributed by atoms with Gasteiger partial charge in [-0.1, -0.05) is 19.3 Å². The summed E-state index contributed by atoms with van der Waals surface area (Å²) in [7, 11) is -3.19. The second-order valence-electron chi connectivity index (χ2n) is 7.09. The highest BCUT2D eigenvalue weighted by Gasteiger charge is 2.33. The lowest BCUT2D eigenvalue weighted by atomic mass is 9.88. The zero-order valence-corrected chi connectivity index (χ0v) is 15.9. The third-order valence-corrected chi connectivity index (χ3v) is 6.67. The molecule has 0 aromatic rings. The zero-order chi connectivity index (χ0) is 18.3. The van der Waals surface area contributed by atoms with Crippen LogP contribution in [0.5, 0.6) is 0 Å². The summed E-state index contributed by atoms with van der Waals surface area (Å²) in [6.45, 7) is 1.78. The maximum atomic E-state index is 12.4. The van der Waals surface area contributed by atoms with E-state index in [4.69, 9.17) is 4.74 Å². The van der Waals surface area contributed by atoms with E-state index in [0.29, 0.717) is 13.0 Å². The van der Waals surface area contributed by atoms with Gasteiger partial charge in [0, 0.05) is 12.5 Å². The van der Waals surface area contributed by atoms with Gasteiger partial charge in [0.1, 0.15) is 6.10 Å². The van der Waals surface area contributed by atoms with Crippen LogP contribution in [0.15, 0.2) is 0 Å². The molecule has 25 heavy (non-hydrogen) atoms. The summed E-state index contributed by atoms with van der Waals surface area (Å²) in [4.78, 5) is 12.4. The van der Waals surface area contributed by atoms with Crippen molar-refractivity contribution in [1.29, 1.82) is 0 Å². The monoisotopic (exact) mass is 376 g/mol. The molecule has 1 aliphatic heterocycles. The van der Waals surface area contributed by atoms with E-state index in [2.05, 4.69) is 10.0 Å². The van der Waals surface area contributed by atoms with E-state index in [1.54, 1.807) is 6.92 Å². The van der Waals surface area contributed by atoms with E-state index in [1.165, 1.54) is 6.42 Å². The quantitative estimate of drug-likeness (QED) is 0.584. The first-order valence-electron chi connectivity index (χ1n) is 9.49. The van der Waals surface area contributed by atoms with Crippen LogP contribution in [0.4, 0.5) is 0 Å². The Kier molecular flexibility index (Phi) is 8.12. The van der Waals surface area contributed by atoms with Crippen LogP contribution < -0.4 is 10.0 Å². The number of carbonyl (C=O) groups is 1. The molecule has 0 radical (unpaired) electrons. The number of sulfonamides is 1. The highest BCUT2D eigenvalue weighted by Crippen LogP contribution is 2.26. The van der Waals surface area contributed by atoms with Crippen molar-refractivity contribution in [3.8, 4) is 0 Å². The molecule has 146 valence electrons. The summed E-state index contributed by atoms with van der Waals surface area (Å²) >= 11 is 0. The Labute approximate surface area is 150 Å². The Bertz CT molecular complexity index is 519. The standard InChI is InChI=1S/C17H32N2O5S/c1-2-25(22,23)18-11-10-14-8-9-15(16(12-20)24-14)19-17(21)13-6-4-3-5-7-13/h13-16,18,20H,2-12H2,1H3,(H,19,21)/t14-,15+,16-/m0/s1. The molecule has 7 nitrogen and oxygen atoms in total. The molecule has 3 N–H and O–H groups in total. The minimum atomic E-state index is -3.19. The van der Waals surface area contributed by atoms with Gasteiger partial charge >= 0.3 is 0 Å². The van der Waals surface area contributed by atoms with E-state index in [1.807, 2.05) is 0 Å². The Morgan fingerprint density at radius 1 is 1.16 bits per heavy atom. The van der Waals surface area contributed by atoms with Gasteiger partial charge in [-0.15, -0.1) is 0 Å². The van der Waals surface area contributed by atoms with Gasteiger partial charge in [-0.2, -0.15) is 0 Å². The summed E-state index contributed by atoms with van der Waals surface area (Å²) in [6, 6.07) is -0.164. The average Bonchev–Trinajstić information content (AvgIpc) is 2.63. The number of aliphatic hydroxyl groups excluding tert-OH is 1. The van der Waals surface area contributed by atoms with Crippen molar-refractivity contribution in [2.24, 2.45) is 5.92 Å². The van der Waals surface area contributed by atoms with Crippen molar-refractivity contribution in [3.05, 3.63) is 0 Å². The minimum Gasteiger partial charge on any atom is -0.394 e. The second-order valence-corrected chi connectivity index (χ2v) is 9.19. The van der Waals surface area contributed by atoms with Gasteiger partial charge in [0.2, 0.25) is 15.9 Å². The van der Waals surface area contributed by atoms with Crippen LogP contribution in [-0.4, -0.2) is 56.6 Å². The van der Waals surface area contributed by atoms with Gasteiger partial charge < -0.3 is 15.2 Å². The van der Waals surface area contributed by atoms with Crippen LogP contribution in [0.25, 0.3) is 0 Å². The molecule has 0 aromatic carbocycles. The fourth-order valence-corrected chi connectivity index (χ4v) is 4.28. The first kappa shape index (κ1) is 20.6. The van der Waals surface area contributed by atoms with E-state index >= 15 is 0 Å². The Morgan fingerprint density at radius 3 is 2.52 bits per heavy atom. The number of rotatable bonds is 8. The number of carbonyl (C=O) groups excluding carboxylic acids is 1. The number of hydrogen-bond donors (Lipinski definition) is 3. The Balaban J connectivity index is 1.77. The summed E-state index contributed by atoms with van der Waals surface area (Å²) in [6.07, 6.45) is 6.87. The predicted molar refractivity (Wildman–Crippen MR) is 95.6 cm³/mol. The Hall–Kier alpha value is -0.700. The second kappa shape index (κ2) is 9.85. The minimum absolute atomic E-state index is 0.0626. The maximum Gasteiger partial charge on any atom is 0.223 e. The molecule has 1 saturated heterocycles. The van der Waals surface area contributed by atoms with E-state index in [0.717, 1.165) is 38.5 Å². The van der Waals surface area contributed by atoms with Gasteiger partial charge in [0.15, 0.2) is 0 Å². The maximum absolute atomic E-state index is 12.4. The lowest BCUT2D eigenvalue weighted by Crippen LogP contribution is -2.52. The molecule has 1 amide bonds. The van der Waals surface area contributed by atoms with Crippen molar-refractivity contribution in [2.45, 2.75) is 76.5 Å². The topological polar surface area (TPSA) is 105 Å². The molecule has 2 fully saturated rings. The van der Waals surface area contributed by atoms with Crippen LogP contribution in [0.2, 0.25) is 0 Å². The molecule has 1 saturated carbocycles. The molecule has 3 atom stereocenters. The number of ether oxygens (including phenoxy) is 1. The molecular weight excluding hydrogens is 344 g/mol. The van der Waals surface area contributed by atoms with Crippen LogP contribution in [0.1, 0.15) is 58.3 Å². The number of nitrogens with one attached hydrogen (secondary N) is 2. The average molecular weight is 377 g/mol. The van der Waals surface area contributed by atoms with Crippen molar-refractivity contribution < 1.29 is 23.1 Å². The molecule has 1 heterocycles. The van der Waals surface area contributed by atoms with Crippen molar-refractivity contribution in [3.63, 3.8) is 0 Å². The van der Waals surface area contributed by atoms with Crippen molar-refractivity contribution >= 4 is 15.9 Å². The number of amides is 1. The number of hydrogen-bond acceptors (Lipinski definition) is 5. The first-order valence-corrected chi connectivity index (χ1v) is 11.1. The molecule has 2 aliphatic rings. The molecule has 0 aromatic heterocycles. The van der Waals surface area contributed by atoms with Crippen molar-refractivity contribution in [1.82, 2.24) is 10.0 Å². The van der Waals surface area contributed by atoms with Crippen LogP contribution >= 0.6 is 0 Å². The first-order chi connectivity index (χ1) is 11.9. The van der Waals surface area contributed by atoms with Gasteiger partial charge in [0.05, 0.1) is 24.5 Å². The molecule has 0 unspecified atom stereocenters. The van der Waals surface area contributed by atoms with E-state index < -0.39 is 16.1 Å². The van der Waals surface area contributed by atoms with Gasteiger partial charge in [-0.25, -0.2) is 13.1 Å². The zero-order valence-electron chi connectivity index (χ0n) is 15.1. The lowest BCUT2D eigenvalue weighted by molar-refractivity contribution is -0.132. The van der Waals surface area contributed by atoms with E-state index in [-0.39, 0.29) is 36.3 Å². The summed E-state index contributed by atoms with van der Waals surface area (Å²) in [5.41, 5.74) is 0. The summed E-state index contributed by atoms with van der Waals surface area (Å²) in [5, 5.41) is 12.7. The van der Waals surface area contributed by atoms with Crippen LogP contribution in [0, 0.1) is 5.92 Å². The summed E-state index contributed by atoms with van der Waals surface area (Å²) in [5.74, 6) is 0.239. The smallest absolute Gasteiger partial charge is 0.223 e. The molecular formula is C17H32N2O5S. The van der Waals surface area contributed by atoms with Gasteiger partial charge in [0.25, 0.3) is 0 Å². The molecule has 0 bridgehead atoms. The fourth-order valence-electron chi connectivity index (χ4n) is 3.65. The third kappa shape index (κ3) is 6.51. The predicted octanol–water partition coefficient (Wildman–Crippen LogP) is 0.921. The third-order valence-electron chi connectivity index (χ3n) is 5.27. The molecule has 2 rings (SSSR count). The highest BCUT2D eigenvalue weighted by atomic mass is 32.2. The van der Waals surface area contributed by atoms with E-state index in [9.17, 15) is 18.3 Å². The summed E-state index contributed by atoms with van der Waals surface area (Å²) < 4.78 is 31.3. The normalized spacial score (nSPS) is 28.6. The van der Waals surface area contributed by atoms with Crippen molar-refractivity contribution in [2.75, 3.05) is 18.9 Å².